The molecule has 0 spiro atoms. The Kier molecular flexibility index (Phi) is 7.44. The van der Waals surface area contributed by atoms with Gasteiger partial charge in [-0.25, -0.2) is 0 Å². The van der Waals surface area contributed by atoms with Gasteiger partial charge in [-0.1, -0.05) is 30.0 Å². The monoisotopic (exact) mass is 359 g/mol. The molecule has 0 aliphatic rings. The molecule has 0 aliphatic heterocycles. The van der Waals surface area contributed by atoms with Gasteiger partial charge >= 0.3 is 0 Å². The third-order valence-electron chi connectivity index (χ3n) is 3.53. The fourth-order valence-electron chi connectivity index (χ4n) is 2.24. The van der Waals surface area contributed by atoms with Crippen LogP contribution in [-0.4, -0.2) is 46.2 Å². The van der Waals surface area contributed by atoms with E-state index in [1.165, 1.54) is 11.8 Å². The predicted molar refractivity (Wildman–Crippen MR) is 96.2 cm³/mol. The number of para-hydroxylation sites is 1. The number of carbonyl (C=O) groups excluding carboxylic acids is 1. The molecule has 0 aliphatic carbocycles. The van der Waals surface area contributed by atoms with Gasteiger partial charge in [-0.2, -0.15) is 5.26 Å². The van der Waals surface area contributed by atoms with E-state index in [2.05, 4.69) is 16.3 Å². The normalized spacial score (nSPS) is 11.7. The summed E-state index contributed by atoms with van der Waals surface area (Å²) in [7, 11) is 1.64. The summed E-state index contributed by atoms with van der Waals surface area (Å²) in [6.07, 6.45) is 1.91. The zero-order chi connectivity index (χ0) is 18.1. The van der Waals surface area contributed by atoms with Crippen molar-refractivity contribution in [1.29, 1.82) is 5.26 Å². The molecule has 0 bridgehead atoms. The molecule has 1 amide bonds. The third-order valence-corrected chi connectivity index (χ3v) is 4.61. The van der Waals surface area contributed by atoms with E-state index in [0.29, 0.717) is 24.9 Å². The van der Waals surface area contributed by atoms with Crippen molar-refractivity contribution in [3.8, 4) is 6.07 Å². The lowest BCUT2D eigenvalue weighted by molar-refractivity contribution is -0.117. The Bertz CT molecular complexity index is 713. The van der Waals surface area contributed by atoms with Crippen molar-refractivity contribution in [1.82, 2.24) is 14.8 Å². The van der Waals surface area contributed by atoms with Crippen molar-refractivity contribution in [2.24, 2.45) is 0 Å². The van der Waals surface area contributed by atoms with Gasteiger partial charge in [-0.3, -0.25) is 4.79 Å². The number of nitrogens with zero attached hydrogens (tertiary/aromatic N) is 5. The molecular weight excluding hydrogens is 338 g/mol. The van der Waals surface area contributed by atoms with Gasteiger partial charge < -0.3 is 14.2 Å². The first kappa shape index (κ1) is 19.0. The van der Waals surface area contributed by atoms with Crippen molar-refractivity contribution in [3.63, 3.8) is 0 Å². The standard InChI is InChI=1S/C17H21N5O2S/c1-14(25-17-20-19-13-21(17)11-12-24-2)16(23)22(10-6-9-18)15-7-4-3-5-8-15/h3-5,7-8,13-14H,6,10-12H2,1-2H3. The first-order valence-corrected chi connectivity index (χ1v) is 8.82. The first-order chi connectivity index (χ1) is 12.2. The number of ether oxygens (including phenoxy) is 1. The minimum Gasteiger partial charge on any atom is -0.383 e. The first-order valence-electron chi connectivity index (χ1n) is 7.94. The second kappa shape index (κ2) is 9.81. The molecule has 1 atom stereocenters. The fraction of sp³-hybridized carbons (Fsp3) is 0.412. The highest BCUT2D eigenvalue weighted by Crippen LogP contribution is 2.25. The molecule has 0 fully saturated rings. The zero-order valence-corrected chi connectivity index (χ0v) is 15.1. The van der Waals surface area contributed by atoms with Crippen molar-refractivity contribution in [2.45, 2.75) is 30.3 Å². The Morgan fingerprint density at radius 1 is 1.44 bits per heavy atom. The van der Waals surface area contributed by atoms with Crippen molar-refractivity contribution in [2.75, 3.05) is 25.2 Å². The van der Waals surface area contributed by atoms with Crippen LogP contribution >= 0.6 is 11.8 Å². The van der Waals surface area contributed by atoms with E-state index < -0.39 is 0 Å². The highest BCUT2D eigenvalue weighted by Gasteiger charge is 2.24. The van der Waals surface area contributed by atoms with Crippen LogP contribution in [0, 0.1) is 11.3 Å². The molecule has 1 aromatic carbocycles. The number of methoxy groups -OCH3 is 1. The molecule has 0 radical (unpaired) electrons. The van der Waals surface area contributed by atoms with Crippen LogP contribution in [-0.2, 0) is 16.1 Å². The summed E-state index contributed by atoms with van der Waals surface area (Å²) in [5, 5.41) is 17.2. The highest BCUT2D eigenvalue weighted by atomic mass is 32.2. The molecule has 0 N–H and O–H groups in total. The van der Waals surface area contributed by atoms with Gasteiger partial charge in [0.15, 0.2) is 5.16 Å². The predicted octanol–water partition coefficient (Wildman–Crippen LogP) is 2.35. The molecule has 2 aromatic rings. The fourth-order valence-corrected chi connectivity index (χ4v) is 3.16. The van der Waals surface area contributed by atoms with Crippen molar-refractivity contribution in [3.05, 3.63) is 36.7 Å². The quantitative estimate of drug-likeness (QED) is 0.639. The van der Waals surface area contributed by atoms with Gasteiger partial charge in [0.05, 0.1) is 24.3 Å². The molecule has 0 saturated heterocycles. The van der Waals surface area contributed by atoms with E-state index in [-0.39, 0.29) is 17.6 Å². The van der Waals surface area contributed by atoms with Gasteiger partial charge in [-0.05, 0) is 19.1 Å². The Morgan fingerprint density at radius 3 is 2.88 bits per heavy atom. The zero-order valence-electron chi connectivity index (χ0n) is 14.3. The second-order valence-corrected chi connectivity index (χ2v) is 6.60. The number of rotatable bonds is 9. The van der Waals surface area contributed by atoms with Gasteiger partial charge in [0, 0.05) is 25.9 Å². The highest BCUT2D eigenvalue weighted by molar-refractivity contribution is 8.00. The number of benzene rings is 1. The summed E-state index contributed by atoms with van der Waals surface area (Å²) in [6, 6.07) is 11.5. The van der Waals surface area contributed by atoms with Crippen LogP contribution in [0.25, 0.3) is 0 Å². The molecule has 2 rings (SSSR count). The number of aromatic nitrogens is 3. The van der Waals surface area contributed by atoms with Crippen molar-refractivity contribution < 1.29 is 9.53 Å². The molecule has 0 saturated carbocycles. The summed E-state index contributed by atoms with van der Waals surface area (Å²) in [6.45, 7) is 3.38. The second-order valence-electron chi connectivity index (χ2n) is 5.29. The average molecular weight is 359 g/mol. The van der Waals surface area contributed by atoms with Gasteiger partial charge in [-0.15, -0.1) is 10.2 Å². The summed E-state index contributed by atoms with van der Waals surface area (Å²) >= 11 is 1.35. The van der Waals surface area contributed by atoms with E-state index in [1.807, 2.05) is 41.8 Å². The van der Waals surface area contributed by atoms with Gasteiger partial charge in [0.25, 0.3) is 0 Å². The number of hydrogen-bond acceptors (Lipinski definition) is 6. The maximum Gasteiger partial charge on any atom is 0.240 e. The van der Waals surface area contributed by atoms with Crippen LogP contribution in [0.3, 0.4) is 0 Å². The number of amides is 1. The average Bonchev–Trinajstić information content (AvgIpc) is 3.07. The Hall–Kier alpha value is -2.37. The maximum atomic E-state index is 12.9. The summed E-state index contributed by atoms with van der Waals surface area (Å²) in [5.41, 5.74) is 0.788. The largest absolute Gasteiger partial charge is 0.383 e. The SMILES string of the molecule is COCCn1cnnc1SC(C)C(=O)N(CCC#N)c1ccccc1. The van der Waals surface area contributed by atoms with Crippen LogP contribution in [0.15, 0.2) is 41.8 Å². The molecule has 8 heteroatoms. The number of nitriles is 1. The van der Waals surface area contributed by atoms with Crippen LogP contribution < -0.4 is 4.90 Å². The molecule has 7 nitrogen and oxygen atoms in total. The van der Waals surface area contributed by atoms with E-state index in [1.54, 1.807) is 18.3 Å². The molecule has 1 aromatic heterocycles. The Morgan fingerprint density at radius 2 is 2.20 bits per heavy atom. The molecular formula is C17H21N5O2S. The van der Waals surface area contributed by atoms with Gasteiger partial charge in [0.2, 0.25) is 5.91 Å². The molecule has 25 heavy (non-hydrogen) atoms. The number of hydrogen-bond donors (Lipinski definition) is 0. The minimum atomic E-state index is -0.357. The van der Waals surface area contributed by atoms with Crippen LogP contribution in [0.5, 0.6) is 0 Å². The lowest BCUT2D eigenvalue weighted by Gasteiger charge is -2.24. The number of carbonyl (C=O) groups is 1. The minimum absolute atomic E-state index is 0.0623. The van der Waals surface area contributed by atoms with E-state index in [9.17, 15) is 4.79 Å². The lowest BCUT2D eigenvalue weighted by atomic mass is 10.2. The molecule has 1 unspecified atom stereocenters. The van der Waals surface area contributed by atoms with Gasteiger partial charge in [0.1, 0.15) is 6.33 Å². The van der Waals surface area contributed by atoms with E-state index in [4.69, 9.17) is 10.00 Å². The summed E-state index contributed by atoms with van der Waals surface area (Å²) in [4.78, 5) is 14.6. The van der Waals surface area contributed by atoms with E-state index in [0.717, 1.165) is 5.69 Å². The topological polar surface area (TPSA) is 84.0 Å². The Labute approximate surface area is 151 Å². The summed E-state index contributed by atoms with van der Waals surface area (Å²) < 4.78 is 6.93. The summed E-state index contributed by atoms with van der Waals surface area (Å²) in [5.74, 6) is -0.0623. The maximum absolute atomic E-state index is 12.9. The van der Waals surface area contributed by atoms with Crippen LogP contribution in [0.1, 0.15) is 13.3 Å². The molecule has 1 heterocycles. The third kappa shape index (κ3) is 5.31. The van der Waals surface area contributed by atoms with E-state index >= 15 is 0 Å². The number of thioether (sulfide) groups is 1. The lowest BCUT2D eigenvalue weighted by Crippen LogP contribution is -2.37. The smallest absolute Gasteiger partial charge is 0.240 e. The number of anilines is 1. The van der Waals surface area contributed by atoms with Crippen LogP contribution in [0.2, 0.25) is 0 Å². The molecule has 132 valence electrons. The van der Waals surface area contributed by atoms with Crippen molar-refractivity contribution >= 4 is 23.4 Å². The Balaban J connectivity index is 2.10. The van der Waals surface area contributed by atoms with Crippen LogP contribution in [0.4, 0.5) is 5.69 Å².